The third kappa shape index (κ3) is 5.09. The van der Waals surface area contributed by atoms with Crippen molar-refractivity contribution in [1.29, 1.82) is 0 Å². The average Bonchev–Trinajstić information content (AvgIpc) is 2.80. The van der Waals surface area contributed by atoms with Gasteiger partial charge in [-0.1, -0.05) is 36.4 Å². The maximum atomic E-state index is 12.8. The molecule has 1 aromatic carbocycles. The van der Waals surface area contributed by atoms with Crippen LogP contribution in [0.4, 0.5) is 5.82 Å². The number of hydrogen-bond acceptors (Lipinski definition) is 5. The lowest BCUT2D eigenvalue weighted by atomic mass is 10.0. The van der Waals surface area contributed by atoms with E-state index in [2.05, 4.69) is 15.2 Å². The lowest BCUT2D eigenvalue weighted by Gasteiger charge is -2.33. The molecular weight excluding hydrogens is 394 g/mol. The first-order valence-corrected chi connectivity index (χ1v) is 10.4. The standard InChI is InChI=1S/C23H25N5O3/c29-21(25-19-9-13-26(14-10-19)20-8-4-5-12-24-20)17-28-22(30)11-15-27(23(28)31)16-18-6-2-1-3-7-18/h1-8,11-12,15,19H,9-10,13-14,16-17H2,(H,25,29). The second-order valence-electron chi connectivity index (χ2n) is 7.65. The van der Waals surface area contributed by atoms with Gasteiger partial charge < -0.3 is 10.2 Å². The van der Waals surface area contributed by atoms with Crippen molar-refractivity contribution in [3.05, 3.63) is 93.4 Å². The molecule has 1 aliphatic heterocycles. The number of carbonyl (C=O) groups is 1. The Morgan fingerprint density at radius 1 is 1.00 bits per heavy atom. The van der Waals surface area contributed by atoms with Crippen molar-refractivity contribution in [2.45, 2.75) is 32.0 Å². The Bertz CT molecular complexity index is 1130. The molecule has 0 spiro atoms. The first-order valence-electron chi connectivity index (χ1n) is 10.4. The molecule has 0 atom stereocenters. The van der Waals surface area contributed by atoms with Crippen LogP contribution in [0.25, 0.3) is 0 Å². The number of pyridine rings is 1. The van der Waals surface area contributed by atoms with Crippen molar-refractivity contribution >= 4 is 11.7 Å². The molecule has 1 saturated heterocycles. The number of aromatic nitrogens is 3. The Hall–Kier alpha value is -3.68. The van der Waals surface area contributed by atoms with Gasteiger partial charge in [-0.3, -0.25) is 18.7 Å². The van der Waals surface area contributed by atoms with E-state index in [-0.39, 0.29) is 18.5 Å². The van der Waals surface area contributed by atoms with Crippen molar-refractivity contribution in [3.8, 4) is 0 Å². The van der Waals surface area contributed by atoms with E-state index in [4.69, 9.17) is 0 Å². The fourth-order valence-corrected chi connectivity index (χ4v) is 3.81. The fourth-order valence-electron chi connectivity index (χ4n) is 3.81. The van der Waals surface area contributed by atoms with Gasteiger partial charge in [-0.25, -0.2) is 9.78 Å². The molecule has 0 saturated carbocycles. The minimum atomic E-state index is -0.489. The van der Waals surface area contributed by atoms with Gasteiger partial charge in [0.15, 0.2) is 0 Å². The van der Waals surface area contributed by atoms with Gasteiger partial charge in [-0.2, -0.15) is 0 Å². The summed E-state index contributed by atoms with van der Waals surface area (Å²) in [4.78, 5) is 44.1. The Morgan fingerprint density at radius 3 is 2.45 bits per heavy atom. The number of amides is 1. The normalized spacial score (nSPS) is 14.4. The summed E-state index contributed by atoms with van der Waals surface area (Å²) in [5.74, 6) is 0.607. The van der Waals surface area contributed by atoms with Crippen LogP contribution >= 0.6 is 0 Å². The molecular formula is C23H25N5O3. The molecule has 3 heterocycles. The maximum Gasteiger partial charge on any atom is 0.331 e. The van der Waals surface area contributed by atoms with Crippen LogP contribution < -0.4 is 21.5 Å². The minimum Gasteiger partial charge on any atom is -0.356 e. The third-order valence-electron chi connectivity index (χ3n) is 5.47. The summed E-state index contributed by atoms with van der Waals surface area (Å²) in [6.45, 7) is 1.63. The molecule has 0 aliphatic carbocycles. The molecule has 0 radical (unpaired) electrons. The summed E-state index contributed by atoms with van der Waals surface area (Å²) >= 11 is 0. The molecule has 160 valence electrons. The van der Waals surface area contributed by atoms with Crippen LogP contribution in [0.2, 0.25) is 0 Å². The first-order chi connectivity index (χ1) is 15.1. The van der Waals surface area contributed by atoms with Crippen molar-refractivity contribution < 1.29 is 4.79 Å². The lowest BCUT2D eigenvalue weighted by molar-refractivity contribution is -0.122. The number of piperidine rings is 1. The van der Waals surface area contributed by atoms with Crippen molar-refractivity contribution in [2.24, 2.45) is 0 Å². The molecule has 8 heteroatoms. The van der Waals surface area contributed by atoms with Gasteiger partial charge in [0.1, 0.15) is 12.4 Å². The highest BCUT2D eigenvalue weighted by Gasteiger charge is 2.22. The molecule has 3 aromatic rings. The van der Waals surface area contributed by atoms with Crippen molar-refractivity contribution in [3.63, 3.8) is 0 Å². The van der Waals surface area contributed by atoms with Gasteiger partial charge in [0, 0.05) is 37.6 Å². The van der Waals surface area contributed by atoms with E-state index < -0.39 is 11.2 Å². The number of benzene rings is 1. The average molecular weight is 419 g/mol. The highest BCUT2D eigenvalue weighted by atomic mass is 16.2. The van der Waals surface area contributed by atoms with Crippen LogP contribution in [0.15, 0.2) is 76.6 Å². The summed E-state index contributed by atoms with van der Waals surface area (Å²) in [7, 11) is 0. The summed E-state index contributed by atoms with van der Waals surface area (Å²) < 4.78 is 2.43. The van der Waals surface area contributed by atoms with E-state index in [1.165, 1.54) is 16.8 Å². The molecule has 1 aliphatic rings. The summed E-state index contributed by atoms with van der Waals surface area (Å²) in [5, 5.41) is 2.97. The van der Waals surface area contributed by atoms with E-state index in [0.29, 0.717) is 6.54 Å². The molecule has 1 fully saturated rings. The molecule has 0 unspecified atom stereocenters. The zero-order valence-electron chi connectivity index (χ0n) is 17.2. The summed E-state index contributed by atoms with van der Waals surface area (Å²) in [6.07, 6.45) is 4.80. The lowest BCUT2D eigenvalue weighted by Crippen LogP contribution is -2.48. The molecule has 8 nitrogen and oxygen atoms in total. The van der Waals surface area contributed by atoms with Gasteiger partial charge in [0.2, 0.25) is 5.91 Å². The number of carbonyl (C=O) groups excluding carboxylic acids is 1. The molecule has 1 N–H and O–H groups in total. The fraction of sp³-hybridized carbons (Fsp3) is 0.304. The maximum absolute atomic E-state index is 12.8. The van der Waals surface area contributed by atoms with Gasteiger partial charge in [0.05, 0.1) is 6.54 Å². The van der Waals surface area contributed by atoms with E-state index in [9.17, 15) is 14.4 Å². The van der Waals surface area contributed by atoms with Gasteiger partial charge in [-0.05, 0) is 30.5 Å². The van der Waals surface area contributed by atoms with Crippen LogP contribution in [-0.4, -0.2) is 39.2 Å². The first kappa shape index (κ1) is 20.6. The van der Waals surface area contributed by atoms with Crippen LogP contribution in [0.5, 0.6) is 0 Å². The number of rotatable bonds is 6. The van der Waals surface area contributed by atoms with Crippen LogP contribution in [0.1, 0.15) is 18.4 Å². The molecule has 2 aromatic heterocycles. The molecule has 1 amide bonds. The zero-order valence-corrected chi connectivity index (χ0v) is 17.2. The second kappa shape index (κ2) is 9.42. The Balaban J connectivity index is 1.37. The zero-order chi connectivity index (χ0) is 21.6. The van der Waals surface area contributed by atoms with Crippen molar-refractivity contribution in [1.82, 2.24) is 19.4 Å². The number of anilines is 1. The molecule has 31 heavy (non-hydrogen) atoms. The number of nitrogens with one attached hydrogen (secondary N) is 1. The highest BCUT2D eigenvalue weighted by molar-refractivity contribution is 5.76. The largest absolute Gasteiger partial charge is 0.356 e. The van der Waals surface area contributed by atoms with Gasteiger partial charge >= 0.3 is 5.69 Å². The van der Waals surface area contributed by atoms with Crippen LogP contribution in [0.3, 0.4) is 0 Å². The molecule has 0 bridgehead atoms. The Kier molecular flexibility index (Phi) is 6.26. The highest BCUT2D eigenvalue weighted by Crippen LogP contribution is 2.17. The predicted molar refractivity (Wildman–Crippen MR) is 118 cm³/mol. The Morgan fingerprint density at radius 2 is 1.74 bits per heavy atom. The quantitative estimate of drug-likeness (QED) is 0.649. The second-order valence-corrected chi connectivity index (χ2v) is 7.65. The van der Waals surface area contributed by atoms with Crippen LogP contribution in [0, 0.1) is 0 Å². The van der Waals surface area contributed by atoms with Crippen LogP contribution in [-0.2, 0) is 17.9 Å². The van der Waals surface area contributed by atoms with Gasteiger partial charge in [0.25, 0.3) is 5.56 Å². The van der Waals surface area contributed by atoms with Gasteiger partial charge in [-0.15, -0.1) is 0 Å². The van der Waals surface area contributed by atoms with E-state index in [1.807, 2.05) is 48.5 Å². The summed E-state index contributed by atoms with van der Waals surface area (Å²) in [5.41, 5.74) is -0.0233. The van der Waals surface area contributed by atoms with E-state index in [0.717, 1.165) is 41.9 Å². The monoisotopic (exact) mass is 419 g/mol. The SMILES string of the molecule is O=C(Cn1c(=O)ccn(Cc2ccccc2)c1=O)NC1CCN(c2ccccn2)CC1. The third-order valence-corrected chi connectivity index (χ3v) is 5.47. The number of nitrogens with zero attached hydrogens (tertiary/aromatic N) is 4. The van der Waals surface area contributed by atoms with Crippen molar-refractivity contribution in [2.75, 3.05) is 18.0 Å². The smallest absolute Gasteiger partial charge is 0.331 e. The topological polar surface area (TPSA) is 89.2 Å². The van der Waals surface area contributed by atoms with E-state index in [1.54, 1.807) is 6.20 Å². The van der Waals surface area contributed by atoms with E-state index >= 15 is 0 Å². The molecule has 4 rings (SSSR count). The minimum absolute atomic E-state index is 0.0124. The summed E-state index contributed by atoms with van der Waals surface area (Å²) in [6, 6.07) is 16.7. The Labute approximate surface area is 179 Å². The predicted octanol–water partition coefficient (Wildman–Crippen LogP) is 1.24. The number of hydrogen-bond donors (Lipinski definition) is 1.